The van der Waals surface area contributed by atoms with Gasteiger partial charge in [0.2, 0.25) is 0 Å². The smallest absolute Gasteiger partial charge is 0.178 e. The highest BCUT2D eigenvalue weighted by Gasteiger charge is 2.12. The molecule has 3 nitrogen and oxygen atoms in total. The van der Waals surface area contributed by atoms with Crippen molar-refractivity contribution in [2.24, 2.45) is 0 Å². The van der Waals surface area contributed by atoms with E-state index in [0.29, 0.717) is 6.42 Å². The molecule has 0 aliphatic heterocycles. The average Bonchev–Trinajstić information content (AvgIpc) is 2.85. The number of carbonyl (C=O) groups excluding carboxylic acids is 1. The Morgan fingerprint density at radius 3 is 2.76 bits per heavy atom. The third-order valence-corrected chi connectivity index (χ3v) is 3.68. The van der Waals surface area contributed by atoms with Crippen LogP contribution in [0.3, 0.4) is 0 Å². The summed E-state index contributed by atoms with van der Waals surface area (Å²) in [4.78, 5) is 14.1. The minimum absolute atomic E-state index is 0.178. The fourth-order valence-corrected chi connectivity index (χ4v) is 2.66. The van der Waals surface area contributed by atoms with Crippen LogP contribution in [0.25, 0.3) is 0 Å². The summed E-state index contributed by atoms with van der Waals surface area (Å²) in [5, 5.41) is 4.35. The van der Waals surface area contributed by atoms with Crippen LogP contribution in [0.1, 0.15) is 32.9 Å². The van der Waals surface area contributed by atoms with Gasteiger partial charge in [-0.05, 0) is 39.0 Å². The number of Topliss-reactive ketones (excluding diaryl/α,β-unsaturated/α-hetero) is 1. The van der Waals surface area contributed by atoms with E-state index >= 15 is 0 Å². The van der Waals surface area contributed by atoms with Crippen LogP contribution in [0.2, 0.25) is 0 Å². The molecule has 0 atom stereocenters. The molecule has 0 aliphatic rings. The molecular weight excluding hydrogens is 232 g/mol. The molecule has 0 unspecified atom stereocenters. The topological polar surface area (TPSA) is 34.9 Å². The van der Waals surface area contributed by atoms with Gasteiger partial charge in [-0.3, -0.25) is 9.48 Å². The Morgan fingerprint density at radius 1 is 1.41 bits per heavy atom. The van der Waals surface area contributed by atoms with Gasteiger partial charge in [0.25, 0.3) is 0 Å². The number of hydrogen-bond donors (Lipinski definition) is 0. The number of nitrogens with zero attached hydrogens (tertiary/aromatic N) is 2. The van der Waals surface area contributed by atoms with Crippen LogP contribution in [-0.2, 0) is 13.0 Å². The second-order valence-corrected chi connectivity index (χ2v) is 5.39. The largest absolute Gasteiger partial charge is 0.293 e. The van der Waals surface area contributed by atoms with Gasteiger partial charge in [-0.15, -0.1) is 11.3 Å². The molecule has 0 N–H and O–H groups in total. The Balaban J connectivity index is 2.18. The quantitative estimate of drug-likeness (QED) is 0.780. The van der Waals surface area contributed by atoms with Gasteiger partial charge in [-0.1, -0.05) is 0 Å². The molecule has 0 saturated carbocycles. The lowest BCUT2D eigenvalue weighted by Crippen LogP contribution is -2.08. The summed E-state index contributed by atoms with van der Waals surface area (Å²) in [5.41, 5.74) is 1.97. The third-order valence-electron chi connectivity index (χ3n) is 2.64. The molecule has 0 spiro atoms. The molecule has 0 amide bonds. The van der Waals surface area contributed by atoms with E-state index in [1.165, 1.54) is 4.88 Å². The Hall–Kier alpha value is -1.42. The Morgan fingerprint density at radius 2 is 2.18 bits per heavy atom. The highest BCUT2D eigenvalue weighted by molar-refractivity contribution is 7.14. The van der Waals surface area contributed by atoms with Gasteiger partial charge in [-0.2, -0.15) is 5.10 Å². The number of ketones is 1. The van der Waals surface area contributed by atoms with Crippen molar-refractivity contribution in [3.05, 3.63) is 39.3 Å². The van der Waals surface area contributed by atoms with Crippen LogP contribution in [-0.4, -0.2) is 15.6 Å². The Kier molecular flexibility index (Phi) is 3.43. The monoisotopic (exact) mass is 248 g/mol. The van der Waals surface area contributed by atoms with Gasteiger partial charge in [0, 0.05) is 17.1 Å². The molecule has 0 saturated heterocycles. The fraction of sp³-hybridized carbons (Fsp3) is 0.385. The molecule has 0 aromatic carbocycles. The minimum Gasteiger partial charge on any atom is -0.293 e. The first-order valence-electron chi connectivity index (χ1n) is 5.73. The molecule has 0 aliphatic carbocycles. The van der Waals surface area contributed by atoms with Crippen LogP contribution < -0.4 is 0 Å². The van der Waals surface area contributed by atoms with Crippen molar-refractivity contribution in [1.29, 1.82) is 0 Å². The molecule has 2 heterocycles. The summed E-state index contributed by atoms with van der Waals surface area (Å²) in [7, 11) is 0. The number of rotatable bonds is 4. The van der Waals surface area contributed by atoms with Crippen molar-refractivity contribution in [3.63, 3.8) is 0 Å². The maximum atomic E-state index is 12.1. The van der Waals surface area contributed by atoms with Crippen LogP contribution in [0.4, 0.5) is 0 Å². The van der Waals surface area contributed by atoms with Crippen molar-refractivity contribution in [3.8, 4) is 0 Å². The van der Waals surface area contributed by atoms with Crippen molar-refractivity contribution in [1.82, 2.24) is 9.78 Å². The van der Waals surface area contributed by atoms with Crippen molar-refractivity contribution in [2.45, 2.75) is 33.7 Å². The second-order valence-electron chi connectivity index (χ2n) is 4.10. The normalized spacial score (nSPS) is 10.8. The molecular formula is C13H16N2OS. The lowest BCUT2D eigenvalue weighted by atomic mass is 10.2. The summed E-state index contributed by atoms with van der Waals surface area (Å²) in [6.07, 6.45) is 0.439. The lowest BCUT2D eigenvalue weighted by molar-refractivity contribution is 0.0994. The van der Waals surface area contributed by atoms with E-state index in [-0.39, 0.29) is 5.78 Å². The summed E-state index contributed by atoms with van der Waals surface area (Å²) < 4.78 is 1.90. The second kappa shape index (κ2) is 4.84. The summed E-state index contributed by atoms with van der Waals surface area (Å²) in [5.74, 6) is 0.178. The molecule has 0 radical (unpaired) electrons. The molecule has 0 fully saturated rings. The van der Waals surface area contributed by atoms with Crippen molar-refractivity contribution < 1.29 is 4.79 Å². The fourth-order valence-electron chi connectivity index (χ4n) is 1.85. The zero-order chi connectivity index (χ0) is 12.4. The first kappa shape index (κ1) is 12.0. The molecule has 90 valence electrons. The van der Waals surface area contributed by atoms with E-state index in [1.54, 1.807) is 11.3 Å². The lowest BCUT2D eigenvalue weighted by Gasteiger charge is -2.02. The number of hydrogen-bond acceptors (Lipinski definition) is 3. The molecule has 2 aromatic heterocycles. The first-order valence-corrected chi connectivity index (χ1v) is 6.54. The predicted octanol–water partition coefficient (Wildman–Crippen LogP) is 3.01. The Bertz CT molecular complexity index is 539. The number of carbonyl (C=O) groups is 1. The van der Waals surface area contributed by atoms with E-state index in [4.69, 9.17) is 0 Å². The zero-order valence-corrected chi connectivity index (χ0v) is 11.2. The molecule has 0 bridgehead atoms. The van der Waals surface area contributed by atoms with Gasteiger partial charge in [-0.25, -0.2) is 0 Å². The Labute approximate surface area is 105 Å². The maximum absolute atomic E-state index is 12.1. The van der Waals surface area contributed by atoms with E-state index in [0.717, 1.165) is 22.8 Å². The highest BCUT2D eigenvalue weighted by atomic mass is 32.1. The van der Waals surface area contributed by atoms with Crippen LogP contribution in [0.5, 0.6) is 0 Å². The van der Waals surface area contributed by atoms with E-state index in [2.05, 4.69) is 5.10 Å². The van der Waals surface area contributed by atoms with Gasteiger partial charge >= 0.3 is 0 Å². The van der Waals surface area contributed by atoms with Gasteiger partial charge in [0.15, 0.2) is 5.78 Å². The molecule has 17 heavy (non-hydrogen) atoms. The predicted molar refractivity (Wildman–Crippen MR) is 69.7 cm³/mol. The van der Waals surface area contributed by atoms with E-state index in [9.17, 15) is 4.79 Å². The van der Waals surface area contributed by atoms with E-state index in [1.807, 2.05) is 43.7 Å². The number of aromatic nitrogens is 2. The van der Waals surface area contributed by atoms with Crippen LogP contribution in [0, 0.1) is 13.8 Å². The zero-order valence-electron chi connectivity index (χ0n) is 10.4. The first-order chi connectivity index (χ1) is 8.10. The summed E-state index contributed by atoms with van der Waals surface area (Å²) in [6, 6.07) is 5.88. The SMILES string of the molecule is CCn1nc(C)cc1CC(=O)c1ccc(C)s1. The van der Waals surface area contributed by atoms with Crippen molar-refractivity contribution in [2.75, 3.05) is 0 Å². The summed E-state index contributed by atoms with van der Waals surface area (Å²) >= 11 is 1.56. The van der Waals surface area contributed by atoms with Gasteiger partial charge < -0.3 is 0 Å². The van der Waals surface area contributed by atoms with E-state index < -0.39 is 0 Å². The number of aryl methyl sites for hydroxylation is 3. The van der Waals surface area contributed by atoms with Gasteiger partial charge in [0.05, 0.1) is 17.0 Å². The van der Waals surface area contributed by atoms with Crippen LogP contribution >= 0.6 is 11.3 Å². The summed E-state index contributed by atoms with van der Waals surface area (Å²) in [6.45, 7) is 6.81. The molecule has 4 heteroatoms. The average molecular weight is 248 g/mol. The minimum atomic E-state index is 0.178. The maximum Gasteiger partial charge on any atom is 0.178 e. The number of thiophene rings is 1. The highest BCUT2D eigenvalue weighted by Crippen LogP contribution is 2.18. The van der Waals surface area contributed by atoms with Crippen molar-refractivity contribution >= 4 is 17.1 Å². The van der Waals surface area contributed by atoms with Crippen LogP contribution in [0.15, 0.2) is 18.2 Å². The molecule has 2 aromatic rings. The van der Waals surface area contributed by atoms with Gasteiger partial charge in [0.1, 0.15) is 0 Å². The third kappa shape index (κ3) is 2.64. The standard InChI is InChI=1S/C13H16N2OS/c1-4-15-11(7-9(2)14-15)8-12(16)13-6-5-10(3)17-13/h5-7H,4,8H2,1-3H3. The molecule has 2 rings (SSSR count).